The average molecular weight is 305 g/mol. The van der Waals surface area contributed by atoms with E-state index >= 15 is 0 Å². The maximum atomic E-state index is 5.89. The van der Waals surface area contributed by atoms with E-state index in [4.69, 9.17) is 5.84 Å². The third-order valence-corrected chi connectivity index (χ3v) is 6.97. The number of benzene rings is 1. The van der Waals surface area contributed by atoms with Gasteiger partial charge < -0.3 is 0 Å². The van der Waals surface area contributed by atoms with E-state index in [0.29, 0.717) is 10.5 Å². The highest BCUT2D eigenvalue weighted by atomic mass is 32.2. The van der Waals surface area contributed by atoms with Crippen LogP contribution in [0.3, 0.4) is 0 Å². The molecule has 0 radical (unpaired) electrons. The first kappa shape index (κ1) is 14.2. The SMILES string of the molecule is CC1SCCSC1C(NN)c1cncc2ccccc12. The average Bonchev–Trinajstić information content (AvgIpc) is 2.50. The van der Waals surface area contributed by atoms with Crippen LogP contribution in [0.1, 0.15) is 18.5 Å². The summed E-state index contributed by atoms with van der Waals surface area (Å²) in [6, 6.07) is 8.52. The van der Waals surface area contributed by atoms with Crippen molar-refractivity contribution in [3.05, 3.63) is 42.2 Å². The predicted molar refractivity (Wildman–Crippen MR) is 90.0 cm³/mol. The second kappa shape index (κ2) is 6.35. The molecular formula is C15H19N3S2. The molecule has 3 N–H and O–H groups in total. The summed E-state index contributed by atoms with van der Waals surface area (Å²) in [6.45, 7) is 2.30. The van der Waals surface area contributed by atoms with Gasteiger partial charge in [0.1, 0.15) is 0 Å². The van der Waals surface area contributed by atoms with Crippen LogP contribution in [0.25, 0.3) is 10.8 Å². The third kappa shape index (κ3) is 2.68. The molecule has 3 nitrogen and oxygen atoms in total. The number of hydrogen-bond donors (Lipinski definition) is 2. The highest BCUT2D eigenvalue weighted by Crippen LogP contribution is 2.39. The molecule has 1 aliphatic rings. The molecule has 5 heteroatoms. The quantitative estimate of drug-likeness (QED) is 0.674. The molecule has 1 aromatic heterocycles. The number of thioether (sulfide) groups is 2. The normalized spacial score (nSPS) is 24.7. The fraction of sp³-hybridized carbons (Fsp3) is 0.400. The largest absolute Gasteiger partial charge is 0.271 e. The Morgan fingerprint density at radius 3 is 2.85 bits per heavy atom. The standard InChI is InChI=1S/C15H19N3S2/c1-10-15(20-7-6-19-10)14(18-16)13-9-17-8-11-4-2-3-5-12(11)13/h2-5,8-10,14-15,18H,6-7,16H2,1H3. The molecule has 3 rings (SSSR count). The van der Waals surface area contributed by atoms with Gasteiger partial charge in [0, 0.05) is 39.8 Å². The molecule has 2 heterocycles. The lowest BCUT2D eigenvalue weighted by molar-refractivity contribution is 0.529. The maximum Gasteiger partial charge on any atom is 0.0610 e. The minimum Gasteiger partial charge on any atom is -0.271 e. The van der Waals surface area contributed by atoms with Crippen molar-refractivity contribution in [2.75, 3.05) is 11.5 Å². The number of hydrazine groups is 1. The zero-order valence-electron chi connectivity index (χ0n) is 11.5. The molecule has 1 aliphatic heterocycles. The van der Waals surface area contributed by atoms with E-state index in [1.807, 2.05) is 42.0 Å². The Hall–Kier alpha value is -0.750. The molecule has 20 heavy (non-hydrogen) atoms. The molecule has 0 amide bonds. The first-order valence-corrected chi connectivity index (χ1v) is 8.93. The lowest BCUT2D eigenvalue weighted by Gasteiger charge is -2.34. The second-order valence-electron chi connectivity index (χ2n) is 5.01. The molecule has 3 unspecified atom stereocenters. The van der Waals surface area contributed by atoms with Gasteiger partial charge in [0.25, 0.3) is 0 Å². The molecule has 0 aliphatic carbocycles. The summed E-state index contributed by atoms with van der Waals surface area (Å²) in [5.41, 5.74) is 4.24. The molecular weight excluding hydrogens is 286 g/mol. The molecule has 0 saturated carbocycles. The fourth-order valence-electron chi connectivity index (χ4n) is 2.77. The van der Waals surface area contributed by atoms with Gasteiger partial charge in [0.05, 0.1) is 6.04 Å². The summed E-state index contributed by atoms with van der Waals surface area (Å²) in [7, 11) is 0. The van der Waals surface area contributed by atoms with E-state index in [1.165, 1.54) is 27.8 Å². The molecule has 2 aromatic rings. The van der Waals surface area contributed by atoms with Gasteiger partial charge >= 0.3 is 0 Å². The van der Waals surface area contributed by atoms with Crippen LogP contribution in [-0.2, 0) is 0 Å². The Morgan fingerprint density at radius 2 is 2.05 bits per heavy atom. The molecule has 0 spiro atoms. The highest BCUT2D eigenvalue weighted by molar-refractivity contribution is 8.07. The number of rotatable bonds is 3. The van der Waals surface area contributed by atoms with Crippen LogP contribution >= 0.6 is 23.5 Å². The number of fused-ring (bicyclic) bond motifs is 1. The van der Waals surface area contributed by atoms with Crippen molar-refractivity contribution in [1.29, 1.82) is 0 Å². The number of nitrogens with two attached hydrogens (primary N) is 1. The minimum absolute atomic E-state index is 0.140. The Morgan fingerprint density at radius 1 is 1.25 bits per heavy atom. The van der Waals surface area contributed by atoms with Crippen LogP contribution in [0.2, 0.25) is 0 Å². The number of aromatic nitrogens is 1. The van der Waals surface area contributed by atoms with E-state index in [-0.39, 0.29) is 6.04 Å². The molecule has 0 bridgehead atoms. The molecule has 1 aromatic carbocycles. The van der Waals surface area contributed by atoms with Crippen molar-refractivity contribution in [3.8, 4) is 0 Å². The van der Waals surface area contributed by atoms with Crippen LogP contribution in [0.15, 0.2) is 36.7 Å². The van der Waals surface area contributed by atoms with Crippen LogP contribution in [0.5, 0.6) is 0 Å². The fourth-order valence-corrected chi connectivity index (χ4v) is 5.69. The van der Waals surface area contributed by atoms with Crippen molar-refractivity contribution in [2.45, 2.75) is 23.5 Å². The maximum absolute atomic E-state index is 5.89. The first-order valence-electron chi connectivity index (χ1n) is 6.83. The summed E-state index contributed by atoms with van der Waals surface area (Å²) in [5.74, 6) is 8.31. The minimum atomic E-state index is 0.140. The van der Waals surface area contributed by atoms with Crippen LogP contribution in [0, 0.1) is 0 Å². The van der Waals surface area contributed by atoms with Gasteiger partial charge in [-0.25, -0.2) is 0 Å². The van der Waals surface area contributed by atoms with Gasteiger partial charge in [-0.1, -0.05) is 31.2 Å². The van der Waals surface area contributed by atoms with Crippen LogP contribution < -0.4 is 11.3 Å². The van der Waals surface area contributed by atoms with E-state index < -0.39 is 0 Å². The summed E-state index contributed by atoms with van der Waals surface area (Å²) < 4.78 is 0. The van der Waals surface area contributed by atoms with E-state index in [0.717, 1.165) is 0 Å². The number of hydrogen-bond acceptors (Lipinski definition) is 5. The second-order valence-corrected chi connectivity index (χ2v) is 7.78. The van der Waals surface area contributed by atoms with Gasteiger partial charge in [-0.05, 0) is 10.9 Å². The predicted octanol–water partition coefficient (Wildman–Crippen LogP) is 2.98. The molecule has 1 saturated heterocycles. The monoisotopic (exact) mass is 305 g/mol. The van der Waals surface area contributed by atoms with Gasteiger partial charge in [-0.15, -0.1) is 0 Å². The zero-order valence-corrected chi connectivity index (χ0v) is 13.1. The Balaban J connectivity index is 2.02. The first-order chi connectivity index (χ1) is 9.81. The molecule has 3 atom stereocenters. The third-order valence-electron chi connectivity index (χ3n) is 3.78. The van der Waals surface area contributed by atoms with Gasteiger partial charge in [0.2, 0.25) is 0 Å². The van der Waals surface area contributed by atoms with Crippen molar-refractivity contribution < 1.29 is 0 Å². The summed E-state index contributed by atoms with van der Waals surface area (Å²) in [5, 5.41) is 3.49. The lowest BCUT2D eigenvalue weighted by atomic mass is 9.98. The van der Waals surface area contributed by atoms with Gasteiger partial charge in [-0.2, -0.15) is 23.5 Å². The zero-order chi connectivity index (χ0) is 13.9. The Kier molecular flexibility index (Phi) is 4.51. The highest BCUT2D eigenvalue weighted by Gasteiger charge is 2.31. The Bertz CT molecular complexity index is 585. The van der Waals surface area contributed by atoms with E-state index in [9.17, 15) is 0 Å². The van der Waals surface area contributed by atoms with Crippen molar-refractivity contribution in [3.63, 3.8) is 0 Å². The number of pyridine rings is 1. The smallest absolute Gasteiger partial charge is 0.0610 e. The van der Waals surface area contributed by atoms with Crippen molar-refractivity contribution >= 4 is 34.3 Å². The molecule has 106 valence electrons. The van der Waals surface area contributed by atoms with Crippen LogP contribution in [-0.4, -0.2) is 27.0 Å². The molecule has 1 fully saturated rings. The summed E-state index contributed by atoms with van der Waals surface area (Å²) >= 11 is 4.05. The Labute approximate surface area is 128 Å². The van der Waals surface area contributed by atoms with E-state index in [2.05, 4.69) is 35.5 Å². The van der Waals surface area contributed by atoms with Crippen LogP contribution in [0.4, 0.5) is 0 Å². The lowest BCUT2D eigenvalue weighted by Crippen LogP contribution is -2.41. The number of nitrogens with zero attached hydrogens (tertiary/aromatic N) is 1. The van der Waals surface area contributed by atoms with Crippen molar-refractivity contribution in [2.24, 2.45) is 5.84 Å². The van der Waals surface area contributed by atoms with Crippen molar-refractivity contribution in [1.82, 2.24) is 10.4 Å². The van der Waals surface area contributed by atoms with E-state index in [1.54, 1.807) is 0 Å². The number of nitrogens with one attached hydrogen (secondary N) is 1. The van der Waals surface area contributed by atoms with Gasteiger partial charge in [0.15, 0.2) is 0 Å². The summed E-state index contributed by atoms with van der Waals surface area (Å²) in [4.78, 5) is 4.39. The topological polar surface area (TPSA) is 50.9 Å². The van der Waals surface area contributed by atoms with Gasteiger partial charge in [-0.3, -0.25) is 16.3 Å². The summed E-state index contributed by atoms with van der Waals surface area (Å²) in [6.07, 6.45) is 3.87.